The Hall–Kier alpha value is -0.120. The highest BCUT2D eigenvalue weighted by Gasteiger charge is 2.33. The van der Waals surface area contributed by atoms with Crippen molar-refractivity contribution in [3.05, 3.63) is 0 Å². The van der Waals surface area contributed by atoms with Crippen molar-refractivity contribution >= 4 is 0 Å². The Labute approximate surface area is 98.5 Å². The van der Waals surface area contributed by atoms with E-state index in [0.29, 0.717) is 0 Å². The fourth-order valence-corrected chi connectivity index (χ4v) is 3.45. The van der Waals surface area contributed by atoms with Crippen molar-refractivity contribution in [3.63, 3.8) is 0 Å². The molecule has 0 unspecified atom stereocenters. The molecule has 0 aliphatic carbocycles. The topological polar surface area (TPSA) is 24.5 Å². The van der Waals surface area contributed by atoms with E-state index in [4.69, 9.17) is 4.74 Å². The third kappa shape index (κ3) is 2.27. The van der Waals surface area contributed by atoms with Crippen LogP contribution in [0.15, 0.2) is 0 Å². The molecular weight excluding hydrogens is 200 g/mol. The molecule has 0 saturated carbocycles. The van der Waals surface area contributed by atoms with Gasteiger partial charge in [0.25, 0.3) is 0 Å². The number of likely N-dealkylation sites (tertiary alicyclic amines) is 1. The molecule has 0 amide bonds. The number of nitrogens with one attached hydrogen (secondary N) is 1. The minimum absolute atomic E-state index is 0.824. The first-order chi connectivity index (χ1) is 7.93. The van der Waals surface area contributed by atoms with Crippen molar-refractivity contribution in [1.82, 2.24) is 10.2 Å². The van der Waals surface area contributed by atoms with Gasteiger partial charge in [0.05, 0.1) is 0 Å². The Morgan fingerprint density at radius 1 is 1.00 bits per heavy atom. The maximum atomic E-state index is 5.46. The minimum atomic E-state index is 0.824. The molecule has 3 heterocycles. The smallest absolute Gasteiger partial charge is 0.0480 e. The molecule has 0 radical (unpaired) electrons. The Bertz CT molecular complexity index is 224. The van der Waals surface area contributed by atoms with Crippen LogP contribution in [-0.2, 0) is 4.74 Å². The second kappa shape index (κ2) is 5.03. The van der Waals surface area contributed by atoms with Gasteiger partial charge in [0.2, 0.25) is 0 Å². The summed E-state index contributed by atoms with van der Waals surface area (Å²) >= 11 is 0. The van der Waals surface area contributed by atoms with Crippen LogP contribution in [-0.4, -0.2) is 50.3 Å². The molecule has 3 saturated heterocycles. The van der Waals surface area contributed by atoms with Gasteiger partial charge < -0.3 is 10.1 Å². The van der Waals surface area contributed by atoms with E-state index in [9.17, 15) is 0 Å². The van der Waals surface area contributed by atoms with Crippen molar-refractivity contribution in [2.75, 3.05) is 39.4 Å². The molecule has 0 spiro atoms. The average Bonchev–Trinajstić information content (AvgIpc) is 2.28. The average molecular weight is 224 g/mol. The standard InChI is InChI=1S/C13H24N2O/c1-2-11(12-8-14-9-12)10-15(5-1)13-3-6-16-7-4-13/h11-14H,1-10H2/t11-/m0/s1. The lowest BCUT2D eigenvalue weighted by Crippen LogP contribution is -2.53. The van der Waals surface area contributed by atoms with Crippen molar-refractivity contribution in [2.24, 2.45) is 11.8 Å². The van der Waals surface area contributed by atoms with Gasteiger partial charge >= 0.3 is 0 Å². The van der Waals surface area contributed by atoms with E-state index >= 15 is 0 Å². The molecule has 1 N–H and O–H groups in total. The zero-order valence-corrected chi connectivity index (χ0v) is 10.2. The molecule has 3 aliphatic heterocycles. The predicted molar refractivity (Wildman–Crippen MR) is 64.5 cm³/mol. The molecule has 0 aromatic rings. The molecule has 92 valence electrons. The van der Waals surface area contributed by atoms with Gasteiger partial charge in [-0.3, -0.25) is 4.90 Å². The summed E-state index contributed by atoms with van der Waals surface area (Å²) in [6.07, 6.45) is 5.40. The fraction of sp³-hybridized carbons (Fsp3) is 1.00. The lowest BCUT2D eigenvalue weighted by atomic mass is 9.81. The van der Waals surface area contributed by atoms with Gasteiger partial charge in [-0.15, -0.1) is 0 Å². The van der Waals surface area contributed by atoms with E-state index in [-0.39, 0.29) is 0 Å². The van der Waals surface area contributed by atoms with E-state index < -0.39 is 0 Å². The molecule has 16 heavy (non-hydrogen) atoms. The third-order valence-corrected chi connectivity index (χ3v) is 4.68. The Morgan fingerprint density at radius 2 is 1.81 bits per heavy atom. The van der Waals surface area contributed by atoms with E-state index in [1.54, 1.807) is 0 Å². The molecule has 0 bridgehead atoms. The van der Waals surface area contributed by atoms with Crippen LogP contribution >= 0.6 is 0 Å². The minimum Gasteiger partial charge on any atom is -0.381 e. The summed E-state index contributed by atoms with van der Waals surface area (Å²) in [5.41, 5.74) is 0. The molecule has 3 nitrogen and oxygen atoms in total. The number of piperidine rings is 1. The SMILES string of the molecule is C1C[C@H](C2CNC2)CN(C2CCOCC2)C1. The zero-order chi connectivity index (χ0) is 10.8. The van der Waals surface area contributed by atoms with Gasteiger partial charge in [-0.2, -0.15) is 0 Å². The second-order valence-corrected chi connectivity index (χ2v) is 5.66. The van der Waals surface area contributed by atoms with Gasteiger partial charge in [0, 0.05) is 25.8 Å². The maximum absolute atomic E-state index is 5.46. The first-order valence-electron chi connectivity index (χ1n) is 6.96. The summed E-state index contributed by atoms with van der Waals surface area (Å²) in [6.45, 7) is 7.20. The molecule has 3 fully saturated rings. The van der Waals surface area contributed by atoms with Crippen LogP contribution in [0.1, 0.15) is 25.7 Å². The number of ether oxygens (including phenoxy) is 1. The quantitative estimate of drug-likeness (QED) is 0.760. The van der Waals surface area contributed by atoms with Crippen LogP contribution in [0.3, 0.4) is 0 Å². The van der Waals surface area contributed by atoms with E-state index in [1.165, 1.54) is 51.9 Å². The molecule has 3 aliphatic rings. The molecule has 3 heteroatoms. The van der Waals surface area contributed by atoms with Crippen LogP contribution in [0.5, 0.6) is 0 Å². The van der Waals surface area contributed by atoms with Crippen LogP contribution in [0.25, 0.3) is 0 Å². The van der Waals surface area contributed by atoms with Crippen molar-refractivity contribution in [3.8, 4) is 0 Å². The van der Waals surface area contributed by atoms with E-state index in [2.05, 4.69) is 10.2 Å². The highest BCUT2D eigenvalue weighted by molar-refractivity contribution is 4.88. The van der Waals surface area contributed by atoms with Crippen LogP contribution in [0.4, 0.5) is 0 Å². The molecule has 0 aromatic heterocycles. The van der Waals surface area contributed by atoms with Gasteiger partial charge in [-0.25, -0.2) is 0 Å². The highest BCUT2D eigenvalue weighted by Crippen LogP contribution is 2.29. The van der Waals surface area contributed by atoms with Gasteiger partial charge in [0.15, 0.2) is 0 Å². The molecular formula is C13H24N2O. The Morgan fingerprint density at radius 3 is 2.50 bits per heavy atom. The van der Waals surface area contributed by atoms with E-state index in [0.717, 1.165) is 31.1 Å². The second-order valence-electron chi connectivity index (χ2n) is 5.66. The highest BCUT2D eigenvalue weighted by atomic mass is 16.5. The van der Waals surface area contributed by atoms with Crippen molar-refractivity contribution in [2.45, 2.75) is 31.7 Å². The van der Waals surface area contributed by atoms with Crippen molar-refractivity contribution < 1.29 is 4.74 Å². The monoisotopic (exact) mass is 224 g/mol. The summed E-state index contributed by atoms with van der Waals surface area (Å²) < 4.78 is 5.46. The van der Waals surface area contributed by atoms with Crippen LogP contribution in [0, 0.1) is 11.8 Å². The largest absolute Gasteiger partial charge is 0.381 e. The summed E-state index contributed by atoms with van der Waals surface area (Å²) in [6, 6.07) is 0.824. The van der Waals surface area contributed by atoms with Gasteiger partial charge in [0.1, 0.15) is 0 Å². The first kappa shape index (κ1) is 11.0. The zero-order valence-electron chi connectivity index (χ0n) is 10.2. The van der Waals surface area contributed by atoms with Crippen molar-refractivity contribution in [1.29, 1.82) is 0 Å². The third-order valence-electron chi connectivity index (χ3n) is 4.68. The van der Waals surface area contributed by atoms with Gasteiger partial charge in [-0.05, 0) is 57.2 Å². The number of rotatable bonds is 2. The summed E-state index contributed by atoms with van der Waals surface area (Å²) in [4.78, 5) is 2.76. The summed E-state index contributed by atoms with van der Waals surface area (Å²) in [7, 11) is 0. The van der Waals surface area contributed by atoms with Crippen LogP contribution < -0.4 is 5.32 Å². The number of hydrogen-bond acceptors (Lipinski definition) is 3. The fourth-order valence-electron chi connectivity index (χ4n) is 3.45. The maximum Gasteiger partial charge on any atom is 0.0480 e. The normalized spacial score (nSPS) is 34.9. The molecule has 0 aromatic carbocycles. The summed E-state index contributed by atoms with van der Waals surface area (Å²) in [5.74, 6) is 1.94. The number of hydrogen-bond donors (Lipinski definition) is 1. The lowest BCUT2D eigenvalue weighted by molar-refractivity contribution is 0.00678. The Balaban J connectivity index is 1.54. The predicted octanol–water partition coefficient (Wildman–Crippen LogP) is 1.10. The first-order valence-corrected chi connectivity index (χ1v) is 6.96. The van der Waals surface area contributed by atoms with Crippen LogP contribution in [0.2, 0.25) is 0 Å². The lowest BCUT2D eigenvalue weighted by Gasteiger charge is -2.44. The van der Waals surface area contributed by atoms with E-state index in [1.807, 2.05) is 0 Å². The van der Waals surface area contributed by atoms with Gasteiger partial charge in [-0.1, -0.05) is 0 Å². The summed E-state index contributed by atoms with van der Waals surface area (Å²) in [5, 5.41) is 3.41. The number of nitrogens with zero attached hydrogens (tertiary/aromatic N) is 1. The Kier molecular flexibility index (Phi) is 3.46. The molecule has 1 atom stereocenters. The molecule has 3 rings (SSSR count).